The molecule has 2 heterocycles. The first-order valence-corrected chi connectivity index (χ1v) is 7.62. The number of rotatable bonds is 2. The van der Waals surface area contributed by atoms with Crippen LogP contribution in [0.25, 0.3) is 0 Å². The van der Waals surface area contributed by atoms with Crippen LogP contribution in [0, 0.1) is 5.92 Å². The average Bonchev–Trinajstić information content (AvgIpc) is 2.78. The number of guanidine groups is 1. The SMILES string of the molecule is CCC1CNCCC12CN=C(N)N2c1ccccc1Cl. The molecular weight excluding hydrogens is 272 g/mol. The van der Waals surface area contributed by atoms with Gasteiger partial charge in [0, 0.05) is 6.54 Å². The second-order valence-electron chi connectivity index (χ2n) is 5.62. The first-order valence-electron chi connectivity index (χ1n) is 7.24. The van der Waals surface area contributed by atoms with E-state index in [1.165, 1.54) is 0 Å². The quantitative estimate of drug-likeness (QED) is 0.879. The molecule has 0 saturated carbocycles. The third-order valence-corrected chi connectivity index (χ3v) is 4.98. The normalized spacial score (nSPS) is 29.8. The van der Waals surface area contributed by atoms with Crippen LogP contribution in [0.4, 0.5) is 5.69 Å². The molecule has 2 unspecified atom stereocenters. The van der Waals surface area contributed by atoms with E-state index in [1.54, 1.807) is 0 Å². The fraction of sp³-hybridized carbons (Fsp3) is 0.533. The Morgan fingerprint density at radius 2 is 2.30 bits per heavy atom. The van der Waals surface area contributed by atoms with E-state index in [9.17, 15) is 0 Å². The van der Waals surface area contributed by atoms with Crippen molar-refractivity contribution in [2.24, 2.45) is 16.6 Å². The molecule has 3 N–H and O–H groups in total. The highest BCUT2D eigenvalue weighted by molar-refractivity contribution is 6.34. The van der Waals surface area contributed by atoms with Gasteiger partial charge in [0.1, 0.15) is 0 Å². The van der Waals surface area contributed by atoms with E-state index < -0.39 is 0 Å². The number of benzene rings is 1. The Morgan fingerprint density at radius 3 is 3.05 bits per heavy atom. The van der Waals surface area contributed by atoms with E-state index in [1.807, 2.05) is 24.3 Å². The third-order valence-electron chi connectivity index (χ3n) is 4.66. The number of piperidine rings is 1. The molecule has 2 aliphatic rings. The van der Waals surface area contributed by atoms with E-state index >= 15 is 0 Å². The summed E-state index contributed by atoms with van der Waals surface area (Å²) in [5.74, 6) is 1.12. The zero-order valence-electron chi connectivity index (χ0n) is 11.8. The summed E-state index contributed by atoms with van der Waals surface area (Å²) in [6.45, 7) is 5.02. The second kappa shape index (κ2) is 5.26. The van der Waals surface area contributed by atoms with Crippen LogP contribution >= 0.6 is 11.6 Å². The third kappa shape index (κ3) is 1.98. The van der Waals surface area contributed by atoms with Gasteiger partial charge in [0.2, 0.25) is 0 Å². The van der Waals surface area contributed by atoms with Crippen molar-refractivity contribution in [3.8, 4) is 0 Å². The molecule has 0 aromatic heterocycles. The standard InChI is InChI=1S/C15H21ClN4/c1-2-11-9-18-8-7-15(11)10-19-14(17)20(15)13-6-4-3-5-12(13)16/h3-6,11,18H,2,7-10H2,1H3,(H2,17,19). The summed E-state index contributed by atoms with van der Waals surface area (Å²) in [5.41, 5.74) is 7.16. The lowest BCUT2D eigenvalue weighted by molar-refractivity contribution is 0.217. The number of nitrogens with two attached hydrogens (primary N) is 1. The Morgan fingerprint density at radius 1 is 1.50 bits per heavy atom. The molecule has 0 bridgehead atoms. The van der Waals surface area contributed by atoms with Crippen molar-refractivity contribution in [2.45, 2.75) is 25.3 Å². The van der Waals surface area contributed by atoms with Gasteiger partial charge in [0.05, 0.1) is 22.8 Å². The molecule has 1 saturated heterocycles. The van der Waals surface area contributed by atoms with Crippen molar-refractivity contribution in [3.05, 3.63) is 29.3 Å². The van der Waals surface area contributed by atoms with E-state index in [0.29, 0.717) is 11.9 Å². The highest BCUT2D eigenvalue weighted by Gasteiger charge is 2.49. The number of aliphatic imine (C=N–C) groups is 1. The molecule has 4 nitrogen and oxygen atoms in total. The first kappa shape index (κ1) is 13.7. The van der Waals surface area contributed by atoms with Gasteiger partial charge in [-0.3, -0.25) is 4.99 Å². The van der Waals surface area contributed by atoms with Crippen LogP contribution in [-0.2, 0) is 0 Å². The minimum atomic E-state index is -0.0188. The van der Waals surface area contributed by atoms with Gasteiger partial charge in [-0.05, 0) is 37.4 Å². The Bertz CT molecular complexity index is 530. The highest BCUT2D eigenvalue weighted by atomic mass is 35.5. The van der Waals surface area contributed by atoms with Crippen molar-refractivity contribution in [2.75, 3.05) is 24.5 Å². The Kier molecular flexibility index (Phi) is 3.61. The zero-order valence-corrected chi connectivity index (χ0v) is 12.5. The maximum absolute atomic E-state index is 6.40. The summed E-state index contributed by atoms with van der Waals surface area (Å²) >= 11 is 6.40. The fourth-order valence-corrected chi connectivity index (χ4v) is 3.81. The number of nitrogens with zero attached hydrogens (tertiary/aromatic N) is 2. The van der Waals surface area contributed by atoms with Gasteiger partial charge in [0.25, 0.3) is 0 Å². The van der Waals surface area contributed by atoms with Crippen LogP contribution in [0.1, 0.15) is 19.8 Å². The predicted octanol–water partition coefficient (Wildman–Crippen LogP) is 2.23. The zero-order chi connectivity index (χ0) is 14.2. The molecular formula is C15H21ClN4. The number of hydrogen-bond acceptors (Lipinski definition) is 4. The largest absolute Gasteiger partial charge is 0.369 e. The number of para-hydroxylation sites is 1. The van der Waals surface area contributed by atoms with Crippen LogP contribution in [0.2, 0.25) is 5.02 Å². The van der Waals surface area contributed by atoms with Gasteiger partial charge in [-0.25, -0.2) is 0 Å². The minimum absolute atomic E-state index is 0.0188. The fourth-order valence-electron chi connectivity index (χ4n) is 3.59. The Hall–Kier alpha value is -1.26. The molecule has 1 aromatic carbocycles. The van der Waals surface area contributed by atoms with E-state index in [-0.39, 0.29) is 5.54 Å². The van der Waals surface area contributed by atoms with E-state index in [4.69, 9.17) is 17.3 Å². The number of anilines is 1. The van der Waals surface area contributed by atoms with Crippen molar-refractivity contribution in [1.29, 1.82) is 0 Å². The topological polar surface area (TPSA) is 53.6 Å². The maximum atomic E-state index is 6.40. The summed E-state index contributed by atoms with van der Waals surface area (Å²) in [4.78, 5) is 6.73. The molecule has 1 spiro atoms. The Labute approximate surface area is 125 Å². The molecule has 20 heavy (non-hydrogen) atoms. The van der Waals surface area contributed by atoms with Crippen molar-refractivity contribution in [1.82, 2.24) is 5.32 Å². The van der Waals surface area contributed by atoms with Gasteiger partial charge in [0.15, 0.2) is 5.96 Å². The summed E-state index contributed by atoms with van der Waals surface area (Å²) in [5, 5.41) is 4.22. The van der Waals surface area contributed by atoms with Crippen LogP contribution in [-0.4, -0.2) is 31.1 Å². The lowest BCUT2D eigenvalue weighted by atomic mass is 9.76. The van der Waals surface area contributed by atoms with Gasteiger partial charge in [-0.1, -0.05) is 30.7 Å². The van der Waals surface area contributed by atoms with Crippen molar-refractivity contribution < 1.29 is 0 Å². The molecule has 0 radical (unpaired) electrons. The van der Waals surface area contributed by atoms with E-state index in [2.05, 4.69) is 22.1 Å². The monoisotopic (exact) mass is 292 g/mol. The average molecular weight is 293 g/mol. The van der Waals surface area contributed by atoms with E-state index in [0.717, 1.165) is 43.2 Å². The van der Waals surface area contributed by atoms with Crippen molar-refractivity contribution in [3.63, 3.8) is 0 Å². The first-order chi connectivity index (χ1) is 9.69. The van der Waals surface area contributed by atoms with Crippen LogP contribution in [0.5, 0.6) is 0 Å². The van der Waals surface area contributed by atoms with Gasteiger partial charge < -0.3 is 16.0 Å². The van der Waals surface area contributed by atoms with Gasteiger partial charge in [-0.15, -0.1) is 0 Å². The summed E-state index contributed by atoms with van der Waals surface area (Å²) in [6.07, 6.45) is 2.15. The number of hydrogen-bond donors (Lipinski definition) is 2. The molecule has 2 aliphatic heterocycles. The molecule has 5 heteroatoms. The lowest BCUT2D eigenvalue weighted by Gasteiger charge is -2.48. The van der Waals surface area contributed by atoms with Crippen LogP contribution in [0.3, 0.4) is 0 Å². The highest BCUT2D eigenvalue weighted by Crippen LogP contribution is 2.42. The van der Waals surface area contributed by atoms with Crippen LogP contribution in [0.15, 0.2) is 29.3 Å². The number of halogens is 1. The summed E-state index contributed by atoms with van der Waals surface area (Å²) in [6, 6.07) is 7.90. The molecule has 0 amide bonds. The molecule has 108 valence electrons. The van der Waals surface area contributed by atoms with Gasteiger partial charge >= 0.3 is 0 Å². The smallest absolute Gasteiger partial charge is 0.196 e. The lowest BCUT2D eigenvalue weighted by Crippen LogP contribution is -2.62. The van der Waals surface area contributed by atoms with Gasteiger partial charge in [-0.2, -0.15) is 0 Å². The number of nitrogens with one attached hydrogen (secondary N) is 1. The Balaban J connectivity index is 2.06. The molecule has 1 fully saturated rings. The summed E-state index contributed by atoms with van der Waals surface area (Å²) in [7, 11) is 0. The maximum Gasteiger partial charge on any atom is 0.196 e. The van der Waals surface area contributed by atoms with Crippen molar-refractivity contribution >= 4 is 23.2 Å². The molecule has 0 aliphatic carbocycles. The molecule has 3 rings (SSSR count). The predicted molar refractivity (Wildman–Crippen MR) is 84.4 cm³/mol. The van der Waals surface area contributed by atoms with Crippen LogP contribution < -0.4 is 16.0 Å². The molecule has 2 atom stereocenters. The summed E-state index contributed by atoms with van der Waals surface area (Å²) < 4.78 is 0. The molecule has 1 aromatic rings. The second-order valence-corrected chi connectivity index (χ2v) is 6.03. The minimum Gasteiger partial charge on any atom is -0.369 e.